The first-order valence-electron chi connectivity index (χ1n) is 8.56. The molecular formula is C19H21N3O3S3. The van der Waals surface area contributed by atoms with Crippen molar-refractivity contribution < 1.29 is 14.9 Å². The third kappa shape index (κ3) is 5.24. The van der Waals surface area contributed by atoms with Gasteiger partial charge in [-0.15, -0.1) is 10.2 Å². The summed E-state index contributed by atoms with van der Waals surface area (Å²) in [5, 5.41) is 32.2. The van der Waals surface area contributed by atoms with Crippen molar-refractivity contribution in [2.45, 2.75) is 27.4 Å². The van der Waals surface area contributed by atoms with Gasteiger partial charge in [-0.25, -0.2) is 0 Å². The lowest BCUT2D eigenvalue weighted by Gasteiger charge is -2.13. The fourth-order valence-corrected chi connectivity index (χ4v) is 5.26. The van der Waals surface area contributed by atoms with E-state index in [0.29, 0.717) is 32.3 Å². The van der Waals surface area contributed by atoms with E-state index in [0.717, 1.165) is 10.1 Å². The zero-order valence-electron chi connectivity index (χ0n) is 15.7. The first-order valence-corrected chi connectivity index (χ1v) is 11.2. The maximum atomic E-state index is 10.4. The van der Waals surface area contributed by atoms with Gasteiger partial charge in [-0.2, -0.15) is 0 Å². The summed E-state index contributed by atoms with van der Waals surface area (Å²) in [6.45, 7) is 4.32. The summed E-state index contributed by atoms with van der Waals surface area (Å²) in [5.74, 6) is 2.26. The third-order valence-electron chi connectivity index (χ3n) is 3.58. The molecule has 2 aromatic carbocycles. The summed E-state index contributed by atoms with van der Waals surface area (Å²) in [6.07, 6.45) is 0. The molecule has 0 bridgehead atoms. The second kappa shape index (κ2) is 9.40. The van der Waals surface area contributed by atoms with Gasteiger partial charge in [0, 0.05) is 11.8 Å². The standard InChI is InChI=1S/C19H21N3O3S3/c1-11(2)10-26-18-21-22-19(28-18)27-17-9-14(23)13(8-15(17)24)20-12-6-4-5-7-16(12)25-3/h4-9,11,20,23-24H,10H2,1-3H3. The van der Waals surface area contributed by atoms with E-state index in [1.54, 1.807) is 18.9 Å². The monoisotopic (exact) mass is 435 g/mol. The Hall–Kier alpha value is -2.10. The molecule has 0 fully saturated rings. The van der Waals surface area contributed by atoms with Gasteiger partial charge in [0.1, 0.15) is 17.2 Å². The Morgan fingerprint density at radius 1 is 1.07 bits per heavy atom. The van der Waals surface area contributed by atoms with Crippen molar-refractivity contribution in [3.05, 3.63) is 36.4 Å². The lowest BCUT2D eigenvalue weighted by molar-refractivity contribution is 0.416. The number of benzene rings is 2. The molecule has 0 aliphatic rings. The average molecular weight is 436 g/mol. The minimum absolute atomic E-state index is 0.0186. The molecule has 0 radical (unpaired) electrons. The molecule has 3 rings (SSSR count). The van der Waals surface area contributed by atoms with Crippen molar-refractivity contribution in [3.63, 3.8) is 0 Å². The highest BCUT2D eigenvalue weighted by atomic mass is 32.2. The number of hydrogen-bond donors (Lipinski definition) is 3. The molecule has 0 saturated carbocycles. The van der Waals surface area contributed by atoms with E-state index >= 15 is 0 Å². The Bertz CT molecular complexity index is 947. The van der Waals surface area contributed by atoms with Crippen LogP contribution in [-0.2, 0) is 0 Å². The Morgan fingerprint density at radius 2 is 1.82 bits per heavy atom. The summed E-state index contributed by atoms with van der Waals surface area (Å²) >= 11 is 4.42. The van der Waals surface area contributed by atoms with Gasteiger partial charge in [-0.05, 0) is 24.1 Å². The number of aromatic hydroxyl groups is 2. The van der Waals surface area contributed by atoms with Gasteiger partial charge in [-0.3, -0.25) is 0 Å². The van der Waals surface area contributed by atoms with Crippen LogP contribution >= 0.6 is 34.9 Å². The van der Waals surface area contributed by atoms with Gasteiger partial charge in [0.25, 0.3) is 0 Å². The summed E-state index contributed by atoms with van der Waals surface area (Å²) in [5.41, 5.74) is 1.08. The van der Waals surface area contributed by atoms with Crippen LogP contribution in [0.1, 0.15) is 13.8 Å². The zero-order chi connectivity index (χ0) is 20.1. The van der Waals surface area contributed by atoms with Crippen molar-refractivity contribution in [1.82, 2.24) is 10.2 Å². The smallest absolute Gasteiger partial charge is 0.180 e. The SMILES string of the molecule is COc1ccccc1Nc1cc(O)c(Sc2nnc(SCC(C)C)s2)cc1O. The van der Waals surface area contributed by atoms with Gasteiger partial charge in [0.05, 0.1) is 23.4 Å². The molecule has 0 saturated heterocycles. The fraction of sp³-hybridized carbons (Fsp3) is 0.263. The van der Waals surface area contributed by atoms with Crippen molar-refractivity contribution in [3.8, 4) is 17.2 Å². The number of nitrogens with zero attached hydrogens (tertiary/aromatic N) is 2. The number of nitrogens with one attached hydrogen (secondary N) is 1. The first-order chi connectivity index (χ1) is 13.5. The molecular weight excluding hydrogens is 414 g/mol. The van der Waals surface area contributed by atoms with Crippen LogP contribution in [0.15, 0.2) is 50.0 Å². The Balaban J connectivity index is 1.75. The normalized spacial score (nSPS) is 11.0. The van der Waals surface area contributed by atoms with Crippen LogP contribution < -0.4 is 10.1 Å². The van der Waals surface area contributed by atoms with Crippen LogP contribution in [0.4, 0.5) is 11.4 Å². The molecule has 0 spiro atoms. The molecule has 28 heavy (non-hydrogen) atoms. The number of para-hydroxylation sites is 2. The van der Waals surface area contributed by atoms with E-state index in [1.807, 2.05) is 24.3 Å². The van der Waals surface area contributed by atoms with Crippen LogP contribution in [0.2, 0.25) is 0 Å². The van der Waals surface area contributed by atoms with E-state index in [-0.39, 0.29) is 11.5 Å². The van der Waals surface area contributed by atoms with E-state index in [2.05, 4.69) is 29.4 Å². The number of thioether (sulfide) groups is 1. The maximum absolute atomic E-state index is 10.4. The number of methoxy groups -OCH3 is 1. The molecule has 0 aliphatic heterocycles. The molecule has 3 aromatic rings. The van der Waals surface area contributed by atoms with Gasteiger partial charge in [0.2, 0.25) is 0 Å². The van der Waals surface area contributed by atoms with Gasteiger partial charge < -0.3 is 20.3 Å². The molecule has 3 N–H and O–H groups in total. The van der Waals surface area contributed by atoms with Gasteiger partial charge >= 0.3 is 0 Å². The van der Waals surface area contributed by atoms with Crippen LogP contribution in [0.5, 0.6) is 17.2 Å². The average Bonchev–Trinajstić information content (AvgIpc) is 3.12. The predicted octanol–water partition coefficient (Wildman–Crippen LogP) is 5.60. The van der Waals surface area contributed by atoms with Crippen LogP contribution in [0.3, 0.4) is 0 Å². The lowest BCUT2D eigenvalue weighted by Crippen LogP contribution is -1.95. The summed E-state index contributed by atoms with van der Waals surface area (Å²) < 4.78 is 6.91. The van der Waals surface area contributed by atoms with E-state index < -0.39 is 0 Å². The Labute approximate surface area is 176 Å². The Kier molecular flexibility index (Phi) is 6.93. The number of ether oxygens (including phenoxy) is 1. The minimum atomic E-state index is 0.0186. The lowest BCUT2D eigenvalue weighted by atomic mass is 10.2. The van der Waals surface area contributed by atoms with E-state index in [9.17, 15) is 10.2 Å². The third-order valence-corrected chi connectivity index (χ3v) is 7.16. The molecule has 0 aliphatic carbocycles. The highest BCUT2D eigenvalue weighted by Gasteiger charge is 2.14. The summed E-state index contributed by atoms with van der Waals surface area (Å²) in [6, 6.07) is 10.4. The number of phenolic OH excluding ortho intramolecular Hbond substituents is 2. The number of anilines is 2. The number of rotatable bonds is 8. The molecule has 148 valence electrons. The Morgan fingerprint density at radius 3 is 2.57 bits per heavy atom. The van der Waals surface area contributed by atoms with Crippen LogP contribution in [-0.4, -0.2) is 33.3 Å². The van der Waals surface area contributed by atoms with Gasteiger partial charge in [0.15, 0.2) is 8.68 Å². The quantitative estimate of drug-likeness (QED) is 0.239. The van der Waals surface area contributed by atoms with Gasteiger partial charge in [-0.1, -0.05) is 60.8 Å². The molecule has 0 amide bonds. The summed E-state index contributed by atoms with van der Waals surface area (Å²) in [4.78, 5) is 0.514. The highest BCUT2D eigenvalue weighted by molar-refractivity contribution is 8.03. The molecule has 0 unspecified atom stereocenters. The highest BCUT2D eigenvalue weighted by Crippen LogP contribution is 2.43. The van der Waals surface area contributed by atoms with Crippen molar-refractivity contribution >= 4 is 46.2 Å². The predicted molar refractivity (Wildman–Crippen MR) is 116 cm³/mol. The molecule has 9 heteroatoms. The number of hydrogen-bond acceptors (Lipinski definition) is 9. The van der Waals surface area contributed by atoms with E-state index in [1.165, 1.54) is 35.2 Å². The second-order valence-electron chi connectivity index (χ2n) is 6.30. The largest absolute Gasteiger partial charge is 0.507 e. The van der Waals surface area contributed by atoms with Crippen molar-refractivity contribution in [2.75, 3.05) is 18.2 Å². The molecule has 6 nitrogen and oxygen atoms in total. The number of phenols is 2. The fourth-order valence-electron chi connectivity index (χ4n) is 2.26. The van der Waals surface area contributed by atoms with Crippen molar-refractivity contribution in [1.29, 1.82) is 0 Å². The topological polar surface area (TPSA) is 87.5 Å². The maximum Gasteiger partial charge on any atom is 0.180 e. The molecule has 1 heterocycles. The zero-order valence-corrected chi connectivity index (χ0v) is 18.1. The van der Waals surface area contributed by atoms with Crippen molar-refractivity contribution in [2.24, 2.45) is 5.92 Å². The molecule has 0 atom stereocenters. The van der Waals surface area contributed by atoms with Crippen LogP contribution in [0.25, 0.3) is 0 Å². The first kappa shape index (κ1) is 20.6. The second-order valence-corrected chi connectivity index (χ2v) is 9.84. The van der Waals surface area contributed by atoms with E-state index in [4.69, 9.17) is 4.74 Å². The molecule has 1 aromatic heterocycles. The minimum Gasteiger partial charge on any atom is -0.507 e. The van der Waals surface area contributed by atoms with Crippen LogP contribution in [0, 0.1) is 5.92 Å². The number of aromatic nitrogens is 2. The summed E-state index contributed by atoms with van der Waals surface area (Å²) in [7, 11) is 1.58.